The summed E-state index contributed by atoms with van der Waals surface area (Å²) in [5.74, 6) is -1.73. The van der Waals surface area contributed by atoms with E-state index < -0.39 is 23.6 Å². The minimum Gasteiger partial charge on any atom is -0.395 e. The number of hydrogen-bond donors (Lipinski definition) is 1. The van der Waals surface area contributed by atoms with E-state index in [1.165, 1.54) is 4.90 Å². The number of benzene rings is 6. The SMILES string of the molecule is O=C1c2ccc3c4c(Br)cc5c6c(ccc(c7c(Br)cc(c2c37)C(=O)N1CCO)c64)C(=O)N(c1ccccc1)C5=O. The monoisotopic (exact) mass is 666 g/mol. The number of amides is 4. The number of β-amino-alcohol motifs (C(OH)–C–C–N with tert-alkyl or cyclic N) is 1. The summed E-state index contributed by atoms with van der Waals surface area (Å²) >= 11 is 7.42. The maximum atomic E-state index is 13.9. The van der Waals surface area contributed by atoms with Crippen LogP contribution in [0.1, 0.15) is 41.4 Å². The van der Waals surface area contributed by atoms with Gasteiger partial charge in [0, 0.05) is 58.0 Å². The first-order valence-corrected chi connectivity index (χ1v) is 14.4. The second-order valence-electron chi connectivity index (χ2n) is 10.2. The Morgan fingerprint density at radius 2 is 1.05 bits per heavy atom. The molecule has 0 saturated heterocycles. The van der Waals surface area contributed by atoms with Crippen LogP contribution in [0.25, 0.3) is 43.1 Å². The first kappa shape index (κ1) is 24.6. The third-order valence-electron chi connectivity index (χ3n) is 8.16. The van der Waals surface area contributed by atoms with Gasteiger partial charge in [-0.15, -0.1) is 0 Å². The number of fused-ring (bicyclic) bond motifs is 2. The molecule has 4 amide bonds. The number of carbonyl (C=O) groups is 4. The molecule has 0 spiro atoms. The van der Waals surface area contributed by atoms with Gasteiger partial charge in [-0.2, -0.15) is 0 Å². The van der Waals surface area contributed by atoms with Gasteiger partial charge < -0.3 is 5.11 Å². The Hall–Kier alpha value is -4.18. The van der Waals surface area contributed by atoms with Gasteiger partial charge in [-0.1, -0.05) is 62.2 Å². The molecule has 0 saturated carbocycles. The lowest BCUT2D eigenvalue weighted by Gasteiger charge is -2.30. The summed E-state index contributed by atoms with van der Waals surface area (Å²) in [6, 6.07) is 19.5. The molecule has 0 aliphatic carbocycles. The number of imide groups is 2. The van der Waals surface area contributed by atoms with Gasteiger partial charge in [0.1, 0.15) is 0 Å². The summed E-state index contributed by atoms with van der Waals surface area (Å²) in [7, 11) is 0. The average molecular weight is 668 g/mol. The van der Waals surface area contributed by atoms with Crippen molar-refractivity contribution in [1.29, 1.82) is 0 Å². The van der Waals surface area contributed by atoms with E-state index in [-0.39, 0.29) is 13.2 Å². The number of carbonyl (C=O) groups excluding carboxylic acids is 4. The smallest absolute Gasteiger partial charge is 0.266 e. The molecule has 6 aromatic carbocycles. The van der Waals surface area contributed by atoms with E-state index in [1.807, 2.05) is 18.2 Å². The highest BCUT2D eigenvalue weighted by Gasteiger charge is 2.38. The van der Waals surface area contributed by atoms with E-state index in [9.17, 15) is 24.3 Å². The summed E-state index contributed by atoms with van der Waals surface area (Å²) in [6.45, 7) is -0.430. The molecule has 9 heteroatoms. The second kappa shape index (κ2) is 8.42. The molecule has 198 valence electrons. The Morgan fingerprint density at radius 1 is 0.561 bits per heavy atom. The van der Waals surface area contributed by atoms with Crippen molar-refractivity contribution >= 4 is 104 Å². The first-order chi connectivity index (χ1) is 19.8. The van der Waals surface area contributed by atoms with Crippen LogP contribution in [0.4, 0.5) is 5.69 Å². The molecule has 0 unspecified atom stereocenters. The molecule has 0 fully saturated rings. The third kappa shape index (κ3) is 3.00. The van der Waals surface area contributed by atoms with Gasteiger partial charge in [-0.05, 0) is 47.2 Å². The minimum atomic E-state index is -0.465. The summed E-state index contributed by atoms with van der Waals surface area (Å²) in [4.78, 5) is 56.8. The van der Waals surface area contributed by atoms with Crippen LogP contribution in [-0.2, 0) is 0 Å². The van der Waals surface area contributed by atoms with Crippen LogP contribution in [0, 0.1) is 0 Å². The third-order valence-corrected chi connectivity index (χ3v) is 9.41. The number of para-hydroxylation sites is 1. The first-order valence-electron chi connectivity index (χ1n) is 12.8. The van der Waals surface area contributed by atoms with Gasteiger partial charge in [0.2, 0.25) is 0 Å². The Labute approximate surface area is 248 Å². The fraction of sp³-hybridized carbons (Fsp3) is 0.0625. The second-order valence-corrected chi connectivity index (χ2v) is 11.9. The average Bonchev–Trinajstić information content (AvgIpc) is 2.97. The predicted molar refractivity (Wildman–Crippen MR) is 163 cm³/mol. The summed E-state index contributed by atoms with van der Waals surface area (Å²) in [5, 5.41) is 15.3. The van der Waals surface area contributed by atoms with Gasteiger partial charge >= 0.3 is 0 Å². The highest BCUT2D eigenvalue weighted by Crippen LogP contribution is 2.50. The van der Waals surface area contributed by atoms with E-state index in [2.05, 4.69) is 31.9 Å². The molecule has 1 N–H and O–H groups in total. The van der Waals surface area contributed by atoms with Crippen molar-refractivity contribution in [3.8, 4) is 0 Å². The minimum absolute atomic E-state index is 0.0962. The van der Waals surface area contributed by atoms with Gasteiger partial charge in [-0.3, -0.25) is 24.1 Å². The van der Waals surface area contributed by atoms with Crippen molar-refractivity contribution < 1.29 is 24.3 Å². The van der Waals surface area contributed by atoms with Crippen LogP contribution < -0.4 is 4.90 Å². The van der Waals surface area contributed by atoms with Gasteiger partial charge in [-0.25, -0.2) is 4.90 Å². The number of rotatable bonds is 3. The summed E-state index contributed by atoms with van der Waals surface area (Å²) in [5.41, 5.74) is 2.08. The van der Waals surface area contributed by atoms with E-state index >= 15 is 0 Å². The fourth-order valence-corrected chi connectivity index (χ4v) is 7.81. The zero-order chi connectivity index (χ0) is 28.3. The highest BCUT2D eigenvalue weighted by atomic mass is 79.9. The number of aliphatic hydroxyl groups excluding tert-OH is 1. The number of aliphatic hydroxyl groups is 1. The Morgan fingerprint density at radius 3 is 1.61 bits per heavy atom. The predicted octanol–water partition coefficient (Wildman–Crippen LogP) is 6.65. The fourth-order valence-electron chi connectivity index (χ4n) is 6.53. The molecule has 0 radical (unpaired) electrons. The molecular weight excluding hydrogens is 652 g/mol. The van der Waals surface area contributed by atoms with Crippen LogP contribution in [0.5, 0.6) is 0 Å². The molecule has 7 nitrogen and oxygen atoms in total. The molecule has 2 heterocycles. The quantitative estimate of drug-likeness (QED) is 0.130. The lowest BCUT2D eigenvalue weighted by atomic mass is 9.82. The van der Waals surface area contributed by atoms with Crippen LogP contribution in [0.15, 0.2) is 75.7 Å². The Bertz CT molecular complexity index is 2230. The maximum absolute atomic E-state index is 13.9. The lowest BCUT2D eigenvalue weighted by molar-refractivity contribution is 0.0579. The molecule has 2 aliphatic rings. The topological polar surface area (TPSA) is 95.0 Å². The van der Waals surface area contributed by atoms with E-state index in [0.29, 0.717) is 47.7 Å². The zero-order valence-electron chi connectivity index (χ0n) is 21.0. The number of nitrogens with zero attached hydrogens (tertiary/aromatic N) is 2. The molecule has 2 aliphatic heterocycles. The zero-order valence-corrected chi connectivity index (χ0v) is 24.2. The van der Waals surface area contributed by atoms with Crippen LogP contribution in [0.2, 0.25) is 0 Å². The number of hydrogen-bond acceptors (Lipinski definition) is 5. The summed E-state index contributed by atoms with van der Waals surface area (Å²) in [6.07, 6.45) is 0. The van der Waals surface area contributed by atoms with Crippen LogP contribution in [0.3, 0.4) is 0 Å². The highest BCUT2D eigenvalue weighted by molar-refractivity contribution is 9.11. The standard InChI is InChI=1S/C32H16Br2N2O5/c33-21-12-19-23-17(29(38)35(10-11-37)30(19)39)8-6-15-26-22(34)13-20-24-18(9-7-16(28(24)26)25(21)27(15)23)31(40)36(32(20)41)14-4-2-1-3-5-14/h1-9,12-13,37H,10-11H2. The van der Waals surface area contributed by atoms with Crippen molar-refractivity contribution in [2.24, 2.45) is 0 Å². The van der Waals surface area contributed by atoms with E-state index in [0.717, 1.165) is 37.2 Å². The van der Waals surface area contributed by atoms with Crippen LogP contribution >= 0.6 is 31.9 Å². The largest absolute Gasteiger partial charge is 0.395 e. The molecule has 0 bridgehead atoms. The molecular formula is C32H16Br2N2O5. The van der Waals surface area contributed by atoms with E-state index in [4.69, 9.17) is 0 Å². The molecule has 8 rings (SSSR count). The lowest BCUT2D eigenvalue weighted by Crippen LogP contribution is -2.42. The van der Waals surface area contributed by atoms with Crippen LogP contribution in [-0.4, -0.2) is 46.8 Å². The van der Waals surface area contributed by atoms with E-state index in [1.54, 1.807) is 48.5 Å². The maximum Gasteiger partial charge on any atom is 0.266 e. The van der Waals surface area contributed by atoms with Crippen molar-refractivity contribution in [1.82, 2.24) is 4.90 Å². The van der Waals surface area contributed by atoms with Gasteiger partial charge in [0.05, 0.1) is 24.4 Å². The van der Waals surface area contributed by atoms with Crippen molar-refractivity contribution in [2.75, 3.05) is 18.1 Å². The molecule has 41 heavy (non-hydrogen) atoms. The molecule has 6 aromatic rings. The summed E-state index contributed by atoms with van der Waals surface area (Å²) < 4.78 is 1.30. The van der Waals surface area contributed by atoms with Crippen molar-refractivity contribution in [3.63, 3.8) is 0 Å². The van der Waals surface area contributed by atoms with Gasteiger partial charge in [0.25, 0.3) is 23.6 Å². The Kier molecular flexibility index (Phi) is 5.05. The normalized spacial score (nSPS) is 15.0. The van der Waals surface area contributed by atoms with Crippen molar-refractivity contribution in [2.45, 2.75) is 0 Å². The van der Waals surface area contributed by atoms with Gasteiger partial charge in [0.15, 0.2) is 0 Å². The number of anilines is 1. The van der Waals surface area contributed by atoms with Crippen molar-refractivity contribution in [3.05, 3.63) is 97.9 Å². The molecule has 0 atom stereocenters. The number of halogens is 2. The Balaban J connectivity index is 1.53. The molecule has 0 aromatic heterocycles.